The smallest absolute Gasteiger partial charge is 0.270 e. The quantitative estimate of drug-likeness (QED) is 0.439. The van der Waals surface area contributed by atoms with E-state index in [1.165, 1.54) is 0 Å². The lowest BCUT2D eigenvalue weighted by Gasteiger charge is -2.36. The van der Waals surface area contributed by atoms with E-state index in [2.05, 4.69) is 36.5 Å². The second kappa shape index (κ2) is 9.93. The molecule has 1 amide bonds. The third kappa shape index (κ3) is 5.44. The van der Waals surface area contributed by atoms with Crippen molar-refractivity contribution in [2.45, 2.75) is 38.3 Å². The van der Waals surface area contributed by atoms with Crippen LogP contribution in [-0.4, -0.2) is 66.3 Å². The first kappa shape index (κ1) is 22.5. The van der Waals surface area contributed by atoms with Crippen molar-refractivity contribution in [2.75, 3.05) is 43.4 Å². The minimum absolute atomic E-state index is 0.0788. The summed E-state index contributed by atoms with van der Waals surface area (Å²) >= 11 is 0. The van der Waals surface area contributed by atoms with Crippen LogP contribution in [-0.2, 0) is 11.3 Å². The zero-order valence-electron chi connectivity index (χ0n) is 19.7. The van der Waals surface area contributed by atoms with Crippen LogP contribution in [0, 0.1) is 5.92 Å². The molecule has 178 valence electrons. The standard InChI is InChI=1S/C26H32N6O2/c1-27-24-12-18(14-28-25(24)13-20(17-33)19-2-3-19)16-31-8-10-32(11-9-31)22-6-7-23(29-15-22)26(34)30-21-4-5-21/h6-7,12-15,17,19,21,27H,2-5,8-11,16H2,1H3,(H,30,34)/b20-13+. The van der Waals surface area contributed by atoms with E-state index in [0.717, 1.165) is 92.9 Å². The first-order chi connectivity index (χ1) is 16.6. The molecule has 2 N–H and O–H groups in total. The molecule has 2 aromatic rings. The molecule has 2 saturated carbocycles. The minimum Gasteiger partial charge on any atom is -0.386 e. The molecule has 0 unspecified atom stereocenters. The number of aromatic nitrogens is 2. The number of nitrogens with one attached hydrogen (secondary N) is 2. The molecule has 0 radical (unpaired) electrons. The van der Waals surface area contributed by atoms with Gasteiger partial charge in [-0.2, -0.15) is 0 Å². The summed E-state index contributed by atoms with van der Waals surface area (Å²) in [6.45, 7) is 4.54. The van der Waals surface area contributed by atoms with Crippen LogP contribution in [0.2, 0.25) is 0 Å². The van der Waals surface area contributed by atoms with E-state index >= 15 is 0 Å². The summed E-state index contributed by atoms with van der Waals surface area (Å²) in [6, 6.07) is 6.29. The summed E-state index contributed by atoms with van der Waals surface area (Å²) in [4.78, 5) is 37.3. The number of nitrogens with zero attached hydrogens (tertiary/aromatic N) is 4. The van der Waals surface area contributed by atoms with E-state index in [4.69, 9.17) is 0 Å². The summed E-state index contributed by atoms with van der Waals surface area (Å²) in [5, 5.41) is 6.21. The van der Waals surface area contributed by atoms with E-state index in [0.29, 0.717) is 17.7 Å². The van der Waals surface area contributed by atoms with Gasteiger partial charge in [-0.3, -0.25) is 19.5 Å². The van der Waals surface area contributed by atoms with Crippen molar-refractivity contribution in [2.24, 2.45) is 5.92 Å². The molecule has 3 heterocycles. The van der Waals surface area contributed by atoms with E-state index in [-0.39, 0.29) is 5.91 Å². The van der Waals surface area contributed by atoms with Crippen LogP contribution in [0.5, 0.6) is 0 Å². The summed E-state index contributed by atoms with van der Waals surface area (Å²) in [6.07, 6.45) is 11.0. The van der Waals surface area contributed by atoms with Gasteiger partial charge in [-0.05, 0) is 67.0 Å². The molecule has 8 heteroatoms. The Morgan fingerprint density at radius 2 is 1.88 bits per heavy atom. The van der Waals surface area contributed by atoms with Gasteiger partial charge in [0.25, 0.3) is 5.91 Å². The molecule has 8 nitrogen and oxygen atoms in total. The predicted molar refractivity (Wildman–Crippen MR) is 133 cm³/mol. The molecule has 3 fully saturated rings. The Morgan fingerprint density at radius 3 is 2.50 bits per heavy atom. The Hall–Kier alpha value is -3.26. The van der Waals surface area contributed by atoms with E-state index in [1.807, 2.05) is 37.7 Å². The number of aldehydes is 1. The van der Waals surface area contributed by atoms with Crippen molar-refractivity contribution in [1.82, 2.24) is 20.2 Å². The number of rotatable bonds is 9. The van der Waals surface area contributed by atoms with Crippen LogP contribution in [0.15, 0.2) is 36.2 Å². The number of hydrogen-bond acceptors (Lipinski definition) is 7. The SMILES string of the molecule is CNc1cc(CN2CCN(c3ccc(C(=O)NC4CC4)nc3)CC2)cnc1/C=C(\C=O)C1CC1. The molecule has 3 aliphatic rings. The number of anilines is 2. The zero-order valence-corrected chi connectivity index (χ0v) is 19.7. The van der Waals surface area contributed by atoms with Gasteiger partial charge in [0, 0.05) is 52.0 Å². The fourth-order valence-corrected chi connectivity index (χ4v) is 4.36. The average Bonchev–Trinajstić information content (AvgIpc) is 3.79. The average molecular weight is 461 g/mol. The molecule has 0 aromatic carbocycles. The first-order valence-electron chi connectivity index (χ1n) is 12.2. The summed E-state index contributed by atoms with van der Waals surface area (Å²) in [5.74, 6) is 0.330. The number of carbonyl (C=O) groups excluding carboxylic acids is 2. The van der Waals surface area contributed by atoms with Gasteiger partial charge >= 0.3 is 0 Å². The molecule has 2 aliphatic carbocycles. The normalized spacial score (nSPS) is 19.1. The number of carbonyl (C=O) groups is 2. The van der Waals surface area contributed by atoms with E-state index in [9.17, 15) is 9.59 Å². The van der Waals surface area contributed by atoms with E-state index < -0.39 is 0 Å². The molecule has 1 saturated heterocycles. The van der Waals surface area contributed by atoms with Crippen LogP contribution in [0.3, 0.4) is 0 Å². The Balaban J connectivity index is 1.16. The van der Waals surface area contributed by atoms with Crippen molar-refractivity contribution < 1.29 is 9.59 Å². The zero-order chi connectivity index (χ0) is 23.5. The monoisotopic (exact) mass is 460 g/mol. The molecule has 0 spiro atoms. The highest BCUT2D eigenvalue weighted by Crippen LogP contribution is 2.36. The van der Waals surface area contributed by atoms with Crippen LogP contribution in [0.1, 0.15) is 47.4 Å². The maximum Gasteiger partial charge on any atom is 0.270 e. The Labute approximate surface area is 200 Å². The van der Waals surface area contributed by atoms with Gasteiger partial charge < -0.3 is 15.5 Å². The number of pyridine rings is 2. The van der Waals surface area contributed by atoms with Crippen molar-refractivity contribution in [3.05, 3.63) is 53.1 Å². The second-order valence-electron chi connectivity index (χ2n) is 9.48. The second-order valence-corrected chi connectivity index (χ2v) is 9.48. The molecule has 0 atom stereocenters. The van der Waals surface area contributed by atoms with Gasteiger partial charge in [0.2, 0.25) is 0 Å². The fourth-order valence-electron chi connectivity index (χ4n) is 4.36. The number of piperazine rings is 1. The predicted octanol–water partition coefficient (Wildman–Crippen LogP) is 2.73. The van der Waals surface area contributed by atoms with Crippen LogP contribution >= 0.6 is 0 Å². The fraction of sp³-hybridized carbons (Fsp3) is 0.462. The van der Waals surface area contributed by atoms with Crippen LogP contribution < -0.4 is 15.5 Å². The lowest BCUT2D eigenvalue weighted by Crippen LogP contribution is -2.46. The molecular formula is C26H32N6O2. The highest BCUT2D eigenvalue weighted by Gasteiger charge is 2.26. The molecule has 5 rings (SSSR count). The maximum absolute atomic E-state index is 12.1. The third-order valence-corrected chi connectivity index (χ3v) is 6.77. The van der Waals surface area contributed by atoms with Gasteiger partial charge in [-0.1, -0.05) is 0 Å². The van der Waals surface area contributed by atoms with Crippen LogP contribution in [0.4, 0.5) is 11.4 Å². The van der Waals surface area contributed by atoms with Gasteiger partial charge in [0.1, 0.15) is 12.0 Å². The van der Waals surface area contributed by atoms with Crippen LogP contribution in [0.25, 0.3) is 6.08 Å². The van der Waals surface area contributed by atoms with Gasteiger partial charge in [0.15, 0.2) is 0 Å². The van der Waals surface area contributed by atoms with Crippen molar-refractivity contribution in [3.63, 3.8) is 0 Å². The topological polar surface area (TPSA) is 90.5 Å². The molecule has 1 aliphatic heterocycles. The summed E-state index contributed by atoms with van der Waals surface area (Å²) in [5.41, 5.74) is 5.32. The number of amides is 1. The Kier molecular flexibility index (Phi) is 6.58. The summed E-state index contributed by atoms with van der Waals surface area (Å²) < 4.78 is 0. The highest BCUT2D eigenvalue weighted by molar-refractivity contribution is 5.92. The van der Waals surface area contributed by atoms with Crippen molar-refractivity contribution >= 4 is 29.6 Å². The summed E-state index contributed by atoms with van der Waals surface area (Å²) in [7, 11) is 1.89. The van der Waals surface area contributed by atoms with Gasteiger partial charge in [-0.15, -0.1) is 0 Å². The van der Waals surface area contributed by atoms with Crippen molar-refractivity contribution in [3.8, 4) is 0 Å². The van der Waals surface area contributed by atoms with Gasteiger partial charge in [0.05, 0.1) is 23.3 Å². The highest BCUT2D eigenvalue weighted by atomic mass is 16.2. The van der Waals surface area contributed by atoms with Gasteiger partial charge in [-0.25, -0.2) is 4.98 Å². The minimum atomic E-state index is -0.0788. The Morgan fingerprint density at radius 1 is 1.09 bits per heavy atom. The lowest BCUT2D eigenvalue weighted by molar-refractivity contribution is -0.105. The lowest BCUT2D eigenvalue weighted by atomic mass is 10.1. The largest absolute Gasteiger partial charge is 0.386 e. The molecule has 0 bridgehead atoms. The molecular weight excluding hydrogens is 428 g/mol. The molecule has 34 heavy (non-hydrogen) atoms. The Bertz CT molecular complexity index is 1070. The maximum atomic E-state index is 12.1. The number of allylic oxidation sites excluding steroid dienone is 1. The number of hydrogen-bond donors (Lipinski definition) is 2. The third-order valence-electron chi connectivity index (χ3n) is 6.77. The van der Waals surface area contributed by atoms with E-state index in [1.54, 1.807) is 0 Å². The molecule has 2 aromatic heterocycles. The van der Waals surface area contributed by atoms with Crippen molar-refractivity contribution in [1.29, 1.82) is 0 Å². The first-order valence-corrected chi connectivity index (χ1v) is 12.2.